The number of aromatic amines is 1. The predicted octanol–water partition coefficient (Wildman–Crippen LogP) is 3.56. The van der Waals surface area contributed by atoms with Crippen molar-refractivity contribution in [3.63, 3.8) is 0 Å². The summed E-state index contributed by atoms with van der Waals surface area (Å²) in [5, 5.41) is 15.0. The van der Waals surface area contributed by atoms with E-state index in [0.29, 0.717) is 24.8 Å². The van der Waals surface area contributed by atoms with Gasteiger partial charge in [-0.3, -0.25) is 10.00 Å². The average molecular weight is 427 g/mol. The molecule has 1 atom stereocenters. The average Bonchev–Trinajstić information content (AvgIpc) is 3.18. The second kappa shape index (κ2) is 7.76. The molecule has 1 fully saturated rings. The number of halogens is 2. The predicted molar refractivity (Wildman–Crippen MR) is 117 cm³/mol. The van der Waals surface area contributed by atoms with Crippen molar-refractivity contribution >= 4 is 16.6 Å². The Morgan fingerprint density at radius 2 is 2.03 bits per heavy atom. The number of fused-ring (bicyclic) bond motifs is 3. The van der Waals surface area contributed by atoms with E-state index in [4.69, 9.17) is 4.74 Å². The van der Waals surface area contributed by atoms with Crippen LogP contribution in [0.3, 0.4) is 0 Å². The van der Waals surface area contributed by atoms with E-state index in [9.17, 15) is 8.78 Å². The molecule has 0 bridgehead atoms. The SMILES string of the molecule is COc1cc(NC2CNC2)ccc1[C@@H]1c2ccc3[nH]ncc3c2CCN1CC(C)(F)F. The molecular formula is C23H27F2N5O. The summed E-state index contributed by atoms with van der Waals surface area (Å²) in [7, 11) is 1.63. The first-order chi connectivity index (χ1) is 14.9. The lowest BCUT2D eigenvalue weighted by Crippen LogP contribution is -2.51. The number of benzene rings is 2. The number of ether oxygens (including phenoxy) is 1. The van der Waals surface area contributed by atoms with Crippen LogP contribution < -0.4 is 15.4 Å². The van der Waals surface area contributed by atoms with Crippen LogP contribution in [-0.2, 0) is 6.42 Å². The molecule has 2 aromatic carbocycles. The summed E-state index contributed by atoms with van der Waals surface area (Å²) in [6.45, 7) is 3.08. The molecule has 3 heterocycles. The number of nitrogens with zero attached hydrogens (tertiary/aromatic N) is 2. The molecule has 0 spiro atoms. The van der Waals surface area contributed by atoms with Crippen molar-refractivity contribution in [2.24, 2.45) is 0 Å². The van der Waals surface area contributed by atoms with Gasteiger partial charge in [-0.15, -0.1) is 0 Å². The molecule has 0 saturated carbocycles. The minimum atomic E-state index is -2.79. The van der Waals surface area contributed by atoms with Crippen molar-refractivity contribution in [2.45, 2.75) is 31.4 Å². The van der Waals surface area contributed by atoms with Gasteiger partial charge in [0, 0.05) is 49.3 Å². The highest BCUT2D eigenvalue weighted by Crippen LogP contribution is 2.43. The van der Waals surface area contributed by atoms with Crippen molar-refractivity contribution in [1.82, 2.24) is 20.4 Å². The number of aromatic nitrogens is 2. The van der Waals surface area contributed by atoms with E-state index >= 15 is 0 Å². The Morgan fingerprint density at radius 3 is 2.74 bits per heavy atom. The Labute approximate surface area is 180 Å². The number of hydrogen-bond acceptors (Lipinski definition) is 5. The number of methoxy groups -OCH3 is 1. The molecular weight excluding hydrogens is 400 g/mol. The number of anilines is 1. The van der Waals surface area contributed by atoms with E-state index in [1.807, 2.05) is 41.4 Å². The van der Waals surface area contributed by atoms with E-state index in [0.717, 1.165) is 53.3 Å². The zero-order valence-electron chi connectivity index (χ0n) is 17.7. The second-order valence-corrected chi connectivity index (χ2v) is 8.61. The first kappa shape index (κ1) is 20.2. The van der Waals surface area contributed by atoms with Gasteiger partial charge in [-0.05, 0) is 29.7 Å². The fraction of sp³-hybridized carbons (Fsp3) is 0.435. The Kier molecular flexibility index (Phi) is 5.06. The van der Waals surface area contributed by atoms with E-state index < -0.39 is 5.92 Å². The molecule has 0 radical (unpaired) electrons. The Balaban J connectivity index is 1.59. The third kappa shape index (κ3) is 3.85. The van der Waals surface area contributed by atoms with Crippen LogP contribution in [0.15, 0.2) is 36.5 Å². The highest BCUT2D eigenvalue weighted by atomic mass is 19.3. The maximum absolute atomic E-state index is 14.1. The van der Waals surface area contributed by atoms with Gasteiger partial charge in [0.15, 0.2) is 0 Å². The third-order valence-electron chi connectivity index (χ3n) is 6.24. The molecule has 2 aliphatic rings. The highest BCUT2D eigenvalue weighted by molar-refractivity contribution is 5.83. The number of rotatable bonds is 6. The van der Waals surface area contributed by atoms with Crippen LogP contribution in [0.2, 0.25) is 0 Å². The number of nitrogens with one attached hydrogen (secondary N) is 3. The minimum Gasteiger partial charge on any atom is -0.496 e. The van der Waals surface area contributed by atoms with Gasteiger partial charge >= 0.3 is 0 Å². The number of hydrogen-bond donors (Lipinski definition) is 3. The van der Waals surface area contributed by atoms with Crippen molar-refractivity contribution < 1.29 is 13.5 Å². The molecule has 31 heavy (non-hydrogen) atoms. The topological polar surface area (TPSA) is 65.2 Å². The summed E-state index contributed by atoms with van der Waals surface area (Å²) in [4.78, 5) is 1.87. The summed E-state index contributed by atoms with van der Waals surface area (Å²) in [5.74, 6) is -2.09. The standard InChI is InChI=1S/C23H27F2N5O/c1-23(24,25)13-30-8-7-16-17(5-6-20-19(16)12-27-29-20)22(30)18-4-3-14(9-21(18)31-2)28-15-10-26-11-15/h3-6,9,12,15,22,26,28H,7-8,10-11,13H2,1-2H3,(H,27,29)/t22-/m0/s1. The maximum atomic E-state index is 14.1. The second-order valence-electron chi connectivity index (χ2n) is 8.61. The van der Waals surface area contributed by atoms with Crippen molar-refractivity contribution in [3.8, 4) is 5.75 Å². The van der Waals surface area contributed by atoms with Gasteiger partial charge in [-0.25, -0.2) is 8.78 Å². The molecule has 6 nitrogen and oxygen atoms in total. The van der Waals surface area contributed by atoms with E-state index in [2.05, 4.69) is 20.8 Å². The summed E-state index contributed by atoms with van der Waals surface area (Å²) >= 11 is 0. The molecule has 164 valence electrons. The molecule has 0 aliphatic carbocycles. The lowest BCUT2D eigenvalue weighted by molar-refractivity contribution is -0.0239. The molecule has 0 unspecified atom stereocenters. The smallest absolute Gasteiger partial charge is 0.257 e. The van der Waals surface area contributed by atoms with E-state index in [-0.39, 0.29) is 12.6 Å². The Hall–Kier alpha value is -2.71. The van der Waals surface area contributed by atoms with Gasteiger partial charge in [0.05, 0.1) is 37.5 Å². The number of H-pyrrole nitrogens is 1. The van der Waals surface area contributed by atoms with Crippen LogP contribution >= 0.6 is 0 Å². The minimum absolute atomic E-state index is 0.308. The Morgan fingerprint density at radius 1 is 1.23 bits per heavy atom. The van der Waals surface area contributed by atoms with Gasteiger partial charge in [-0.2, -0.15) is 5.10 Å². The third-order valence-corrected chi connectivity index (χ3v) is 6.24. The largest absolute Gasteiger partial charge is 0.496 e. The summed E-state index contributed by atoms with van der Waals surface area (Å²) in [6, 6.07) is 10.1. The molecule has 3 N–H and O–H groups in total. The highest BCUT2D eigenvalue weighted by Gasteiger charge is 2.36. The van der Waals surface area contributed by atoms with Crippen molar-refractivity contribution in [3.05, 3.63) is 53.2 Å². The van der Waals surface area contributed by atoms with Gasteiger partial charge < -0.3 is 15.4 Å². The summed E-state index contributed by atoms with van der Waals surface area (Å²) < 4.78 is 34.0. The van der Waals surface area contributed by atoms with Crippen LogP contribution in [0.1, 0.15) is 29.7 Å². The van der Waals surface area contributed by atoms with Crippen molar-refractivity contribution in [2.75, 3.05) is 38.6 Å². The normalized spacial score (nSPS) is 19.8. The molecule has 0 amide bonds. The Bertz CT molecular complexity index is 1090. The maximum Gasteiger partial charge on any atom is 0.257 e. The first-order valence-electron chi connectivity index (χ1n) is 10.6. The molecule has 8 heteroatoms. The molecule has 5 rings (SSSR count). The lowest BCUT2D eigenvalue weighted by Gasteiger charge is -2.39. The van der Waals surface area contributed by atoms with Gasteiger partial charge in [-0.1, -0.05) is 12.1 Å². The monoisotopic (exact) mass is 427 g/mol. The van der Waals surface area contributed by atoms with Crippen LogP contribution in [-0.4, -0.2) is 60.4 Å². The molecule has 3 aromatic rings. The molecule has 2 aliphatic heterocycles. The van der Waals surface area contributed by atoms with Crippen LogP contribution in [0.25, 0.3) is 10.9 Å². The fourth-order valence-corrected chi connectivity index (χ4v) is 4.75. The van der Waals surface area contributed by atoms with Crippen LogP contribution in [0.4, 0.5) is 14.5 Å². The zero-order valence-corrected chi connectivity index (χ0v) is 17.7. The molecule has 1 aromatic heterocycles. The zero-order chi connectivity index (χ0) is 21.6. The van der Waals surface area contributed by atoms with Gasteiger partial charge in [0.25, 0.3) is 5.92 Å². The fourth-order valence-electron chi connectivity index (χ4n) is 4.75. The molecule has 1 saturated heterocycles. The number of alkyl halides is 2. The first-order valence-corrected chi connectivity index (χ1v) is 10.6. The van der Waals surface area contributed by atoms with E-state index in [1.165, 1.54) is 0 Å². The lowest BCUT2D eigenvalue weighted by atomic mass is 9.85. The van der Waals surface area contributed by atoms with Gasteiger partial charge in [0.1, 0.15) is 5.75 Å². The summed E-state index contributed by atoms with van der Waals surface area (Å²) in [6.07, 6.45) is 2.53. The van der Waals surface area contributed by atoms with E-state index in [1.54, 1.807) is 7.11 Å². The van der Waals surface area contributed by atoms with Gasteiger partial charge in [0.2, 0.25) is 0 Å². The van der Waals surface area contributed by atoms with Crippen LogP contribution in [0.5, 0.6) is 5.75 Å². The quantitative estimate of drug-likeness (QED) is 0.562. The summed E-state index contributed by atoms with van der Waals surface area (Å²) in [5.41, 5.74) is 5.03. The van der Waals surface area contributed by atoms with Crippen molar-refractivity contribution in [1.29, 1.82) is 0 Å². The van der Waals surface area contributed by atoms with Crippen LogP contribution in [0, 0.1) is 0 Å².